The van der Waals surface area contributed by atoms with E-state index < -0.39 is 0 Å². The van der Waals surface area contributed by atoms with E-state index in [2.05, 4.69) is 31.0 Å². The van der Waals surface area contributed by atoms with Gasteiger partial charge in [-0.25, -0.2) is 0 Å². The highest BCUT2D eigenvalue weighted by molar-refractivity contribution is 5.94. The van der Waals surface area contributed by atoms with Crippen LogP contribution in [0, 0.1) is 0 Å². The second-order valence-corrected chi connectivity index (χ2v) is 6.93. The molecule has 1 aromatic carbocycles. The number of aromatic amines is 1. The minimum atomic E-state index is -0.00382. The Morgan fingerprint density at radius 2 is 1.88 bits per heavy atom. The summed E-state index contributed by atoms with van der Waals surface area (Å²) >= 11 is 0. The highest BCUT2D eigenvalue weighted by Crippen LogP contribution is 2.20. The molecule has 0 radical (unpaired) electrons. The molecule has 0 bridgehead atoms. The first-order valence-electron chi connectivity index (χ1n) is 7.90. The number of halogens is 1. The second-order valence-electron chi connectivity index (χ2n) is 6.93. The topological polar surface area (TPSA) is 75.0 Å². The van der Waals surface area contributed by atoms with Gasteiger partial charge in [-0.15, -0.1) is 12.4 Å². The van der Waals surface area contributed by atoms with Crippen molar-refractivity contribution in [1.82, 2.24) is 15.1 Å². The third kappa shape index (κ3) is 5.08. The van der Waals surface area contributed by atoms with Crippen molar-refractivity contribution in [3.8, 4) is 0 Å². The summed E-state index contributed by atoms with van der Waals surface area (Å²) in [4.78, 5) is 14.2. The van der Waals surface area contributed by atoms with Gasteiger partial charge in [0.05, 0.1) is 17.9 Å². The maximum Gasteiger partial charge on any atom is 0.253 e. The fourth-order valence-corrected chi connectivity index (χ4v) is 2.36. The molecular formula is C18H27ClN4O. The summed E-state index contributed by atoms with van der Waals surface area (Å²) in [7, 11) is 1.80. The number of nitrogens with one attached hydrogen (secondary N) is 1. The van der Waals surface area contributed by atoms with Gasteiger partial charge in [-0.1, -0.05) is 32.9 Å². The molecule has 6 heteroatoms. The zero-order valence-corrected chi connectivity index (χ0v) is 15.6. The standard InChI is InChI=1S/C18H26N4O.ClH/c1-18(2,3)16-11-15(20-21-16)12-22(4)17(23)14-7-5-13(6-8-14)9-10-19;/h5-8,11H,9-10,12,19H2,1-4H3,(H,20,21);1H. The third-order valence-electron chi connectivity index (χ3n) is 3.79. The van der Waals surface area contributed by atoms with Crippen molar-refractivity contribution in [1.29, 1.82) is 0 Å². The monoisotopic (exact) mass is 350 g/mol. The molecule has 2 rings (SSSR count). The smallest absolute Gasteiger partial charge is 0.253 e. The Hall–Kier alpha value is -1.85. The highest BCUT2D eigenvalue weighted by atomic mass is 35.5. The van der Waals surface area contributed by atoms with Crippen molar-refractivity contribution in [2.75, 3.05) is 13.6 Å². The molecule has 1 heterocycles. The number of carbonyl (C=O) groups is 1. The zero-order chi connectivity index (χ0) is 17.0. The van der Waals surface area contributed by atoms with Gasteiger partial charge in [0.2, 0.25) is 0 Å². The van der Waals surface area contributed by atoms with Crippen LogP contribution in [0.1, 0.15) is 48.1 Å². The number of H-pyrrole nitrogens is 1. The Kier molecular flexibility index (Phi) is 6.99. The minimum Gasteiger partial charge on any atom is -0.336 e. The van der Waals surface area contributed by atoms with Gasteiger partial charge in [-0.05, 0) is 36.7 Å². The van der Waals surface area contributed by atoms with E-state index in [9.17, 15) is 4.79 Å². The van der Waals surface area contributed by atoms with Crippen molar-refractivity contribution >= 4 is 18.3 Å². The molecule has 1 amide bonds. The number of rotatable bonds is 5. The molecule has 0 saturated carbocycles. The molecule has 24 heavy (non-hydrogen) atoms. The summed E-state index contributed by atoms with van der Waals surface area (Å²) in [5.41, 5.74) is 9.30. The van der Waals surface area contributed by atoms with Crippen LogP contribution in [-0.2, 0) is 18.4 Å². The summed E-state index contributed by atoms with van der Waals surface area (Å²) < 4.78 is 0. The van der Waals surface area contributed by atoms with Crippen LogP contribution < -0.4 is 5.73 Å². The first-order valence-corrected chi connectivity index (χ1v) is 7.90. The molecule has 3 N–H and O–H groups in total. The number of carbonyl (C=O) groups excluding carboxylic acids is 1. The lowest BCUT2D eigenvalue weighted by molar-refractivity contribution is 0.0783. The lowest BCUT2D eigenvalue weighted by Gasteiger charge is -2.16. The molecule has 0 spiro atoms. The van der Waals surface area contributed by atoms with Crippen LogP contribution in [0.25, 0.3) is 0 Å². The maximum absolute atomic E-state index is 12.5. The molecule has 0 saturated heterocycles. The van der Waals surface area contributed by atoms with Gasteiger partial charge in [0.25, 0.3) is 5.91 Å². The Balaban J connectivity index is 0.00000288. The van der Waals surface area contributed by atoms with Gasteiger partial charge in [0.1, 0.15) is 0 Å². The van der Waals surface area contributed by atoms with Gasteiger partial charge in [-0.2, -0.15) is 5.10 Å². The van der Waals surface area contributed by atoms with E-state index in [0.29, 0.717) is 18.7 Å². The van der Waals surface area contributed by atoms with Gasteiger partial charge in [0.15, 0.2) is 0 Å². The lowest BCUT2D eigenvalue weighted by Crippen LogP contribution is -2.26. The second kappa shape index (κ2) is 8.31. The Labute approximate surface area is 150 Å². The zero-order valence-electron chi connectivity index (χ0n) is 14.8. The van der Waals surface area contributed by atoms with Crippen molar-refractivity contribution in [2.45, 2.75) is 39.2 Å². The van der Waals surface area contributed by atoms with E-state index in [1.807, 2.05) is 30.3 Å². The first kappa shape index (κ1) is 20.2. The maximum atomic E-state index is 12.5. The lowest BCUT2D eigenvalue weighted by atomic mass is 9.92. The predicted molar refractivity (Wildman–Crippen MR) is 99.5 cm³/mol. The highest BCUT2D eigenvalue weighted by Gasteiger charge is 2.19. The van der Waals surface area contributed by atoms with Crippen LogP contribution in [0.3, 0.4) is 0 Å². The van der Waals surface area contributed by atoms with Crippen LogP contribution in [0.2, 0.25) is 0 Å². The van der Waals surface area contributed by atoms with Crippen molar-refractivity contribution in [3.05, 3.63) is 52.8 Å². The van der Waals surface area contributed by atoms with Gasteiger partial charge in [0, 0.05) is 18.0 Å². The first-order chi connectivity index (χ1) is 10.8. The van der Waals surface area contributed by atoms with Crippen LogP contribution in [-0.4, -0.2) is 34.6 Å². The van der Waals surface area contributed by atoms with E-state index in [1.54, 1.807) is 11.9 Å². The normalized spacial score (nSPS) is 11.0. The number of aromatic nitrogens is 2. The van der Waals surface area contributed by atoms with Crippen molar-refractivity contribution in [2.24, 2.45) is 5.73 Å². The molecule has 0 aliphatic rings. The van der Waals surface area contributed by atoms with Crippen molar-refractivity contribution < 1.29 is 4.79 Å². The number of nitrogens with two attached hydrogens (primary N) is 1. The minimum absolute atomic E-state index is 0. The van der Waals surface area contributed by atoms with Gasteiger partial charge >= 0.3 is 0 Å². The van der Waals surface area contributed by atoms with E-state index in [-0.39, 0.29) is 23.7 Å². The number of hydrogen-bond acceptors (Lipinski definition) is 3. The van der Waals surface area contributed by atoms with E-state index >= 15 is 0 Å². The average molecular weight is 351 g/mol. The largest absolute Gasteiger partial charge is 0.336 e. The molecule has 0 fully saturated rings. The Morgan fingerprint density at radius 1 is 1.25 bits per heavy atom. The molecule has 0 aliphatic carbocycles. The van der Waals surface area contributed by atoms with Crippen molar-refractivity contribution in [3.63, 3.8) is 0 Å². The summed E-state index contributed by atoms with van der Waals surface area (Å²) in [6.07, 6.45) is 0.827. The van der Waals surface area contributed by atoms with Crippen LogP contribution >= 0.6 is 12.4 Å². The summed E-state index contributed by atoms with van der Waals surface area (Å²) in [5.74, 6) is -0.00351. The molecule has 132 valence electrons. The third-order valence-corrected chi connectivity index (χ3v) is 3.79. The summed E-state index contributed by atoms with van der Waals surface area (Å²) in [5, 5.41) is 7.35. The summed E-state index contributed by atoms with van der Waals surface area (Å²) in [6.45, 7) is 7.47. The number of amides is 1. The molecule has 1 aromatic heterocycles. The summed E-state index contributed by atoms with van der Waals surface area (Å²) in [6, 6.07) is 9.66. The van der Waals surface area contributed by atoms with Gasteiger partial charge in [-0.3, -0.25) is 9.89 Å². The SMILES string of the molecule is CN(Cc1cc(C(C)(C)C)n[nH]1)C(=O)c1ccc(CCN)cc1.Cl. The molecule has 0 unspecified atom stereocenters. The van der Waals surface area contributed by atoms with E-state index in [1.165, 1.54) is 0 Å². The fourth-order valence-electron chi connectivity index (χ4n) is 2.36. The molecule has 0 aliphatic heterocycles. The van der Waals surface area contributed by atoms with Gasteiger partial charge < -0.3 is 10.6 Å². The number of nitrogens with zero attached hydrogens (tertiary/aromatic N) is 2. The molecular weight excluding hydrogens is 324 g/mol. The van der Waals surface area contributed by atoms with Crippen LogP contribution in [0.4, 0.5) is 0 Å². The Bertz CT molecular complexity index is 658. The number of hydrogen-bond donors (Lipinski definition) is 2. The molecule has 0 atom stereocenters. The van der Waals surface area contributed by atoms with Crippen LogP contribution in [0.5, 0.6) is 0 Å². The predicted octanol–water partition coefficient (Wildman–Crippen LogP) is 2.90. The fraction of sp³-hybridized carbons (Fsp3) is 0.444. The molecule has 2 aromatic rings. The average Bonchev–Trinajstić information content (AvgIpc) is 2.96. The quantitative estimate of drug-likeness (QED) is 0.870. The molecule has 5 nitrogen and oxygen atoms in total. The van der Waals surface area contributed by atoms with E-state index in [0.717, 1.165) is 23.4 Å². The number of benzene rings is 1. The van der Waals surface area contributed by atoms with E-state index in [4.69, 9.17) is 5.73 Å². The van der Waals surface area contributed by atoms with Crippen LogP contribution in [0.15, 0.2) is 30.3 Å². The Morgan fingerprint density at radius 3 is 2.38 bits per heavy atom.